The Bertz CT molecular complexity index is 989. The van der Waals surface area contributed by atoms with Crippen LogP contribution in [-0.2, 0) is 4.84 Å². The first kappa shape index (κ1) is 13.8. The number of aromatic amines is 1. The van der Waals surface area contributed by atoms with Crippen LogP contribution in [0, 0.1) is 0 Å². The lowest BCUT2D eigenvalue weighted by molar-refractivity contribution is 0.214. The Kier molecular flexibility index (Phi) is 3.09. The number of hydrogen-bond acceptors (Lipinski definition) is 4. The van der Waals surface area contributed by atoms with Crippen LogP contribution < -0.4 is 0 Å². The molecule has 3 aromatic rings. The maximum Gasteiger partial charge on any atom is 0.199 e. The van der Waals surface area contributed by atoms with E-state index in [0.717, 1.165) is 16.6 Å². The molecule has 114 valence electrons. The van der Waals surface area contributed by atoms with Crippen molar-refractivity contribution in [1.29, 1.82) is 0 Å². The van der Waals surface area contributed by atoms with E-state index in [-0.39, 0.29) is 5.88 Å². The number of rotatable bonds is 2. The molecular weight excluding hydrogens is 314 g/mol. The van der Waals surface area contributed by atoms with E-state index in [1.165, 1.54) is 7.11 Å². The Morgan fingerprint density at radius 3 is 2.83 bits per heavy atom. The topological polar surface area (TPSA) is 70.0 Å². The third-order valence-electron chi connectivity index (χ3n) is 3.80. The van der Waals surface area contributed by atoms with Crippen LogP contribution in [0.4, 0.5) is 5.69 Å². The van der Waals surface area contributed by atoms with E-state index in [9.17, 15) is 5.11 Å². The molecule has 0 radical (unpaired) electrons. The van der Waals surface area contributed by atoms with E-state index in [0.29, 0.717) is 27.5 Å². The lowest BCUT2D eigenvalue weighted by Crippen LogP contribution is -2.13. The van der Waals surface area contributed by atoms with Gasteiger partial charge < -0.3 is 14.9 Å². The molecule has 0 amide bonds. The second-order valence-electron chi connectivity index (χ2n) is 5.11. The number of aromatic nitrogens is 1. The predicted molar refractivity (Wildman–Crippen MR) is 91.2 cm³/mol. The smallest absolute Gasteiger partial charge is 0.199 e. The van der Waals surface area contributed by atoms with Gasteiger partial charge in [0.15, 0.2) is 5.88 Å². The number of fused-ring (bicyclic) bond motifs is 2. The van der Waals surface area contributed by atoms with Gasteiger partial charge in [0.25, 0.3) is 0 Å². The number of nitrogens with one attached hydrogen (secondary N) is 1. The van der Waals surface area contributed by atoms with Crippen molar-refractivity contribution in [3.63, 3.8) is 0 Å². The summed E-state index contributed by atoms with van der Waals surface area (Å²) in [5, 5.41) is 15.8. The lowest BCUT2D eigenvalue weighted by atomic mass is 10.0. The number of oxime groups is 1. The van der Waals surface area contributed by atoms with Crippen LogP contribution in [0.2, 0.25) is 5.02 Å². The minimum atomic E-state index is 0.00320. The summed E-state index contributed by atoms with van der Waals surface area (Å²) in [4.78, 5) is 12.5. The summed E-state index contributed by atoms with van der Waals surface area (Å²) in [6.45, 7) is 0. The van der Waals surface area contributed by atoms with Crippen LogP contribution in [0.25, 0.3) is 10.9 Å². The molecule has 6 heteroatoms. The highest BCUT2D eigenvalue weighted by atomic mass is 35.5. The molecule has 1 aliphatic rings. The van der Waals surface area contributed by atoms with E-state index in [4.69, 9.17) is 16.4 Å². The Balaban J connectivity index is 2.00. The molecule has 2 aromatic carbocycles. The van der Waals surface area contributed by atoms with E-state index in [2.05, 4.69) is 15.1 Å². The quantitative estimate of drug-likeness (QED) is 0.699. The first-order valence-electron chi connectivity index (χ1n) is 7.00. The molecule has 0 saturated carbocycles. The standard InChI is InChI=1S/C17H12ClN3O2/c1-23-21-15-9-5-2-3-8-12(9)19-16(15)13-10-6-4-7-11(18)14(10)20-17(13)22/h2-8,20,22H,1H3/b21-15-. The van der Waals surface area contributed by atoms with Crippen LogP contribution >= 0.6 is 11.6 Å². The van der Waals surface area contributed by atoms with Crippen LogP contribution in [0.3, 0.4) is 0 Å². The number of nitrogens with zero attached hydrogens (tertiary/aromatic N) is 2. The molecule has 0 bridgehead atoms. The summed E-state index contributed by atoms with van der Waals surface area (Å²) in [7, 11) is 1.48. The zero-order chi connectivity index (χ0) is 16.0. The van der Waals surface area contributed by atoms with Gasteiger partial charge in [-0.25, -0.2) is 4.99 Å². The molecule has 0 unspecified atom stereocenters. The van der Waals surface area contributed by atoms with Crippen molar-refractivity contribution >= 4 is 39.6 Å². The molecule has 4 rings (SSSR count). The zero-order valence-electron chi connectivity index (χ0n) is 12.2. The highest BCUT2D eigenvalue weighted by Crippen LogP contribution is 2.37. The number of hydrogen-bond donors (Lipinski definition) is 2. The van der Waals surface area contributed by atoms with Gasteiger partial charge in [-0.3, -0.25) is 0 Å². The molecule has 0 fully saturated rings. The zero-order valence-corrected chi connectivity index (χ0v) is 12.9. The molecule has 0 spiro atoms. The molecule has 2 N–H and O–H groups in total. The fourth-order valence-electron chi connectivity index (χ4n) is 2.84. The highest BCUT2D eigenvalue weighted by Gasteiger charge is 2.29. The minimum Gasteiger partial charge on any atom is -0.494 e. The van der Waals surface area contributed by atoms with Crippen LogP contribution in [0.15, 0.2) is 52.6 Å². The van der Waals surface area contributed by atoms with Gasteiger partial charge in [-0.05, 0) is 12.1 Å². The summed E-state index contributed by atoms with van der Waals surface area (Å²) >= 11 is 6.20. The van der Waals surface area contributed by atoms with Gasteiger partial charge >= 0.3 is 0 Å². The van der Waals surface area contributed by atoms with Gasteiger partial charge in [0.05, 0.1) is 21.8 Å². The summed E-state index contributed by atoms with van der Waals surface area (Å²) in [6.07, 6.45) is 0. The molecule has 0 atom stereocenters. The number of halogens is 1. The third-order valence-corrected chi connectivity index (χ3v) is 4.11. The fraction of sp³-hybridized carbons (Fsp3) is 0.0588. The Hall–Kier alpha value is -2.79. The molecule has 0 aliphatic carbocycles. The number of H-pyrrole nitrogens is 1. The largest absolute Gasteiger partial charge is 0.494 e. The molecule has 23 heavy (non-hydrogen) atoms. The maximum absolute atomic E-state index is 10.4. The van der Waals surface area contributed by atoms with Crippen molar-refractivity contribution in [3.05, 3.63) is 58.6 Å². The Labute approximate surface area is 136 Å². The summed E-state index contributed by atoms with van der Waals surface area (Å²) in [6, 6.07) is 13.1. The number of benzene rings is 2. The van der Waals surface area contributed by atoms with Crippen molar-refractivity contribution in [2.45, 2.75) is 0 Å². The van der Waals surface area contributed by atoms with Gasteiger partial charge in [-0.2, -0.15) is 0 Å². The van der Waals surface area contributed by atoms with E-state index < -0.39 is 0 Å². The molecular formula is C17H12ClN3O2. The monoisotopic (exact) mass is 325 g/mol. The Morgan fingerprint density at radius 1 is 1.17 bits per heavy atom. The van der Waals surface area contributed by atoms with Crippen molar-refractivity contribution in [2.75, 3.05) is 7.11 Å². The van der Waals surface area contributed by atoms with E-state index in [1.807, 2.05) is 36.4 Å². The summed E-state index contributed by atoms with van der Waals surface area (Å²) < 4.78 is 0. The van der Waals surface area contributed by atoms with E-state index in [1.54, 1.807) is 6.07 Å². The third kappa shape index (κ3) is 2.01. The van der Waals surface area contributed by atoms with Crippen LogP contribution in [0.5, 0.6) is 5.88 Å². The fourth-order valence-corrected chi connectivity index (χ4v) is 3.06. The highest BCUT2D eigenvalue weighted by molar-refractivity contribution is 6.58. The summed E-state index contributed by atoms with van der Waals surface area (Å²) in [5.74, 6) is 0.00320. The summed E-state index contributed by atoms with van der Waals surface area (Å²) in [5.41, 5.74) is 4.01. The van der Waals surface area contributed by atoms with Gasteiger partial charge in [0.2, 0.25) is 0 Å². The molecule has 5 nitrogen and oxygen atoms in total. The first-order chi connectivity index (χ1) is 11.2. The average molecular weight is 326 g/mol. The molecule has 1 aromatic heterocycles. The second-order valence-corrected chi connectivity index (χ2v) is 5.52. The maximum atomic E-state index is 10.4. The minimum absolute atomic E-state index is 0.00320. The van der Waals surface area contributed by atoms with Crippen molar-refractivity contribution in [1.82, 2.24) is 4.98 Å². The van der Waals surface area contributed by atoms with Crippen molar-refractivity contribution in [2.24, 2.45) is 10.1 Å². The molecule has 2 heterocycles. The number of aliphatic imine (C=N–C) groups is 1. The average Bonchev–Trinajstić information content (AvgIpc) is 3.06. The van der Waals surface area contributed by atoms with Crippen molar-refractivity contribution < 1.29 is 9.94 Å². The second kappa shape index (κ2) is 5.14. The van der Waals surface area contributed by atoms with Gasteiger partial charge in [-0.1, -0.05) is 47.1 Å². The van der Waals surface area contributed by atoms with Crippen LogP contribution in [0.1, 0.15) is 11.1 Å². The lowest BCUT2D eigenvalue weighted by Gasteiger charge is -2.03. The predicted octanol–water partition coefficient (Wildman–Crippen LogP) is 4.01. The van der Waals surface area contributed by atoms with Gasteiger partial charge in [0, 0.05) is 10.9 Å². The number of aromatic hydroxyl groups is 1. The SMILES string of the molecule is CO/N=C1\C(c2c(O)[nH]c3c(Cl)cccc23)=Nc2ccccc21. The van der Waals surface area contributed by atoms with Gasteiger partial charge in [0.1, 0.15) is 18.5 Å². The van der Waals surface area contributed by atoms with Gasteiger partial charge in [-0.15, -0.1) is 0 Å². The van der Waals surface area contributed by atoms with Crippen molar-refractivity contribution in [3.8, 4) is 5.88 Å². The Morgan fingerprint density at radius 2 is 2.00 bits per heavy atom. The molecule has 1 aliphatic heterocycles. The number of para-hydroxylation sites is 2. The van der Waals surface area contributed by atoms with Crippen LogP contribution in [-0.4, -0.2) is 28.6 Å². The van der Waals surface area contributed by atoms with E-state index >= 15 is 0 Å². The molecule has 0 saturated heterocycles. The normalized spacial score (nSPS) is 15.0. The first-order valence-corrected chi connectivity index (χ1v) is 7.37.